The van der Waals surface area contributed by atoms with Crippen LogP contribution in [0.3, 0.4) is 0 Å². The molecular weight excluding hydrogens is 450 g/mol. The zero-order valence-electron chi connectivity index (χ0n) is 16.7. The molecule has 2 aromatic carbocycles. The maximum Gasteiger partial charge on any atom is 0.270 e. The molecule has 2 aromatic rings. The van der Waals surface area contributed by atoms with Gasteiger partial charge in [-0.1, -0.05) is 6.07 Å². The number of nitro benzene ring substituents is 1. The van der Waals surface area contributed by atoms with E-state index in [2.05, 4.69) is 36.7 Å². The highest BCUT2D eigenvalue weighted by molar-refractivity contribution is 9.10. The van der Waals surface area contributed by atoms with E-state index in [1.165, 1.54) is 24.8 Å². The first-order chi connectivity index (χ1) is 14.4. The first kappa shape index (κ1) is 21.8. The van der Waals surface area contributed by atoms with E-state index in [0.717, 1.165) is 47.3 Å². The molecule has 0 bridgehead atoms. The summed E-state index contributed by atoms with van der Waals surface area (Å²) in [4.78, 5) is 25.1. The van der Waals surface area contributed by atoms with Crippen LogP contribution >= 0.6 is 15.9 Å². The molecule has 0 spiro atoms. The molecule has 30 heavy (non-hydrogen) atoms. The van der Waals surface area contributed by atoms with Crippen LogP contribution in [0.25, 0.3) is 0 Å². The third-order valence-electron chi connectivity index (χ3n) is 4.88. The molecule has 1 fully saturated rings. The molecule has 1 amide bonds. The van der Waals surface area contributed by atoms with Gasteiger partial charge < -0.3 is 10.2 Å². The summed E-state index contributed by atoms with van der Waals surface area (Å²) in [5, 5.41) is 18.2. The highest BCUT2D eigenvalue weighted by atomic mass is 79.9. The van der Waals surface area contributed by atoms with Crippen LogP contribution in [-0.4, -0.2) is 36.7 Å². The summed E-state index contributed by atoms with van der Waals surface area (Å²) in [6.45, 7) is 3.84. The minimum Gasteiger partial charge on any atom is -0.375 e. The maximum atomic E-state index is 12.1. The molecule has 9 heteroatoms. The van der Waals surface area contributed by atoms with Gasteiger partial charge in [0.05, 0.1) is 17.7 Å². The highest BCUT2D eigenvalue weighted by Gasteiger charge is 2.17. The summed E-state index contributed by atoms with van der Waals surface area (Å²) in [5.41, 5.74) is 5.90. The molecule has 0 unspecified atom stereocenters. The largest absolute Gasteiger partial charge is 0.375 e. The summed E-state index contributed by atoms with van der Waals surface area (Å²) < 4.78 is 0.876. The lowest BCUT2D eigenvalue weighted by atomic mass is 10.1. The molecule has 1 aliphatic heterocycles. The van der Waals surface area contributed by atoms with Gasteiger partial charge in [0.15, 0.2) is 0 Å². The monoisotopic (exact) mass is 473 g/mol. The van der Waals surface area contributed by atoms with Gasteiger partial charge in [0.2, 0.25) is 0 Å². The van der Waals surface area contributed by atoms with Crippen LogP contribution < -0.4 is 15.6 Å². The van der Waals surface area contributed by atoms with E-state index in [-0.39, 0.29) is 18.1 Å². The number of nitro groups is 1. The highest BCUT2D eigenvalue weighted by Crippen LogP contribution is 2.27. The normalized spacial score (nSPS) is 14.0. The second-order valence-corrected chi connectivity index (χ2v) is 8.03. The molecule has 1 heterocycles. The number of rotatable bonds is 7. The number of nitrogens with one attached hydrogen (secondary N) is 2. The smallest absolute Gasteiger partial charge is 0.270 e. The van der Waals surface area contributed by atoms with E-state index < -0.39 is 4.92 Å². The minimum atomic E-state index is -0.431. The number of piperidine rings is 1. The molecule has 2 N–H and O–H groups in total. The number of anilines is 2. The predicted octanol–water partition coefficient (Wildman–Crippen LogP) is 4.22. The van der Waals surface area contributed by atoms with Crippen molar-refractivity contribution in [3.8, 4) is 0 Å². The van der Waals surface area contributed by atoms with Gasteiger partial charge in [-0.15, -0.1) is 0 Å². The molecular formula is C21H24BrN5O3. The van der Waals surface area contributed by atoms with Crippen LogP contribution in [0, 0.1) is 17.0 Å². The molecule has 0 aromatic heterocycles. The zero-order valence-corrected chi connectivity index (χ0v) is 18.3. The number of halogens is 1. The van der Waals surface area contributed by atoms with Crippen LogP contribution in [0.5, 0.6) is 0 Å². The van der Waals surface area contributed by atoms with E-state index in [4.69, 9.17) is 0 Å². The van der Waals surface area contributed by atoms with E-state index >= 15 is 0 Å². The number of benzene rings is 2. The van der Waals surface area contributed by atoms with Crippen LogP contribution in [-0.2, 0) is 4.79 Å². The van der Waals surface area contributed by atoms with Gasteiger partial charge in [0.1, 0.15) is 0 Å². The van der Waals surface area contributed by atoms with Crippen LogP contribution in [0.15, 0.2) is 46.0 Å². The van der Waals surface area contributed by atoms with Gasteiger partial charge in [-0.2, -0.15) is 5.10 Å². The molecule has 0 aliphatic carbocycles. The third-order valence-corrected chi connectivity index (χ3v) is 5.53. The van der Waals surface area contributed by atoms with Crippen molar-refractivity contribution in [1.29, 1.82) is 0 Å². The molecule has 1 saturated heterocycles. The molecule has 0 radical (unpaired) electrons. The summed E-state index contributed by atoms with van der Waals surface area (Å²) in [6.07, 6.45) is 4.83. The quantitative estimate of drug-likeness (QED) is 0.356. The SMILES string of the molecule is Cc1ccc(NCC(=O)N/N=C\c2cc([N+](=O)[O-])ccc2N2CCCCC2)c(Br)c1. The van der Waals surface area contributed by atoms with Crippen molar-refractivity contribution in [2.24, 2.45) is 5.10 Å². The average Bonchev–Trinajstić information content (AvgIpc) is 2.73. The number of hydrazone groups is 1. The molecule has 3 rings (SSSR count). The second kappa shape index (κ2) is 10.2. The molecule has 158 valence electrons. The Bertz CT molecular complexity index is 958. The van der Waals surface area contributed by atoms with Crippen molar-refractivity contribution in [2.75, 3.05) is 29.9 Å². The van der Waals surface area contributed by atoms with Gasteiger partial charge in [-0.3, -0.25) is 14.9 Å². The van der Waals surface area contributed by atoms with Crippen molar-refractivity contribution in [3.63, 3.8) is 0 Å². The first-order valence-corrected chi connectivity index (χ1v) is 10.6. The summed E-state index contributed by atoms with van der Waals surface area (Å²) >= 11 is 3.46. The number of aryl methyl sites for hydroxylation is 1. The summed E-state index contributed by atoms with van der Waals surface area (Å²) in [6, 6.07) is 10.5. The van der Waals surface area contributed by atoms with Crippen molar-refractivity contribution >= 4 is 45.1 Å². The van der Waals surface area contributed by atoms with E-state index in [1.807, 2.05) is 25.1 Å². The number of carbonyl (C=O) groups excluding carboxylic acids is 1. The summed E-state index contributed by atoms with van der Waals surface area (Å²) in [7, 11) is 0. The van der Waals surface area contributed by atoms with Crippen molar-refractivity contribution in [3.05, 3.63) is 62.1 Å². The van der Waals surface area contributed by atoms with Gasteiger partial charge in [0.25, 0.3) is 11.6 Å². The Morgan fingerprint density at radius 3 is 2.70 bits per heavy atom. The zero-order chi connectivity index (χ0) is 21.5. The fourth-order valence-electron chi connectivity index (χ4n) is 3.33. The fourth-order valence-corrected chi connectivity index (χ4v) is 3.97. The van der Waals surface area contributed by atoms with Crippen molar-refractivity contribution in [2.45, 2.75) is 26.2 Å². The first-order valence-electron chi connectivity index (χ1n) is 9.79. The number of amides is 1. The Balaban J connectivity index is 1.65. The number of carbonyl (C=O) groups is 1. The molecule has 8 nitrogen and oxygen atoms in total. The fraction of sp³-hybridized carbons (Fsp3) is 0.333. The van der Waals surface area contributed by atoms with E-state index in [1.54, 1.807) is 6.07 Å². The van der Waals surface area contributed by atoms with Gasteiger partial charge in [0, 0.05) is 46.6 Å². The van der Waals surface area contributed by atoms with Crippen LogP contribution in [0.1, 0.15) is 30.4 Å². The van der Waals surface area contributed by atoms with Crippen molar-refractivity contribution < 1.29 is 9.72 Å². The average molecular weight is 474 g/mol. The molecule has 0 atom stereocenters. The van der Waals surface area contributed by atoms with E-state index in [9.17, 15) is 14.9 Å². The Morgan fingerprint density at radius 2 is 2.00 bits per heavy atom. The third kappa shape index (κ3) is 5.79. The van der Waals surface area contributed by atoms with Gasteiger partial charge >= 0.3 is 0 Å². The lowest BCUT2D eigenvalue weighted by Gasteiger charge is -2.29. The maximum absolute atomic E-state index is 12.1. The van der Waals surface area contributed by atoms with Gasteiger partial charge in [-0.05, 0) is 65.9 Å². The van der Waals surface area contributed by atoms with Crippen LogP contribution in [0.2, 0.25) is 0 Å². The lowest BCUT2D eigenvalue weighted by Crippen LogP contribution is -2.30. The summed E-state index contributed by atoms with van der Waals surface area (Å²) in [5.74, 6) is -0.316. The van der Waals surface area contributed by atoms with E-state index in [0.29, 0.717) is 5.56 Å². The predicted molar refractivity (Wildman–Crippen MR) is 122 cm³/mol. The van der Waals surface area contributed by atoms with Gasteiger partial charge in [-0.25, -0.2) is 5.43 Å². The van der Waals surface area contributed by atoms with Crippen LogP contribution in [0.4, 0.5) is 17.1 Å². The number of hydrogen-bond acceptors (Lipinski definition) is 6. The topological polar surface area (TPSA) is 99.9 Å². The Morgan fingerprint density at radius 1 is 1.23 bits per heavy atom. The molecule has 0 saturated carbocycles. The number of hydrogen-bond donors (Lipinski definition) is 2. The number of nitrogens with zero attached hydrogens (tertiary/aromatic N) is 3. The Hall–Kier alpha value is -2.94. The lowest BCUT2D eigenvalue weighted by molar-refractivity contribution is -0.384. The van der Waals surface area contributed by atoms with Crippen molar-refractivity contribution in [1.82, 2.24) is 5.43 Å². The molecule has 1 aliphatic rings. The Labute approximate surface area is 183 Å². The second-order valence-electron chi connectivity index (χ2n) is 7.18. The standard InChI is InChI=1S/C21H24BrN5O3/c1-15-5-7-19(18(22)11-15)23-14-21(28)25-24-13-16-12-17(27(29)30)6-8-20(16)26-9-3-2-4-10-26/h5-8,11-13,23H,2-4,9-10,14H2,1H3,(H,25,28)/b24-13-. The minimum absolute atomic E-state index is 0.00516. The Kier molecular flexibility index (Phi) is 7.40. The number of non-ortho nitro benzene ring substituents is 1.